The fourth-order valence-electron chi connectivity index (χ4n) is 2.36. The average Bonchev–Trinajstić information content (AvgIpc) is 2.94. The molecule has 0 aliphatic heterocycles. The summed E-state index contributed by atoms with van der Waals surface area (Å²) in [4.78, 5) is 0. The molecule has 3 aromatic rings. The molecule has 0 bridgehead atoms. The van der Waals surface area contributed by atoms with Gasteiger partial charge in [0.05, 0.1) is 12.6 Å². The van der Waals surface area contributed by atoms with Crippen LogP contribution in [0.25, 0.3) is 16.6 Å². The van der Waals surface area contributed by atoms with Crippen molar-refractivity contribution in [2.75, 3.05) is 7.11 Å². The molecule has 0 aliphatic carbocycles. The Hall–Kier alpha value is -2.22. The first-order valence-corrected chi connectivity index (χ1v) is 7.01. The lowest BCUT2D eigenvalue weighted by Gasteiger charge is -2.11. The predicted octanol–water partition coefficient (Wildman–Crippen LogP) is 4.97. The Kier molecular flexibility index (Phi) is 4.46. The third-order valence-corrected chi connectivity index (χ3v) is 3.24. The van der Waals surface area contributed by atoms with E-state index >= 15 is 0 Å². The quantitative estimate of drug-likeness (QED) is 0.639. The Labute approximate surface area is 120 Å². The van der Waals surface area contributed by atoms with E-state index in [9.17, 15) is 0 Å². The molecule has 2 nitrogen and oxygen atoms in total. The zero-order valence-corrected chi connectivity index (χ0v) is 12.6. The van der Waals surface area contributed by atoms with Gasteiger partial charge in [0.2, 0.25) is 0 Å². The molecule has 0 saturated carbocycles. The number of aryl methyl sites for hydroxylation is 1. The number of rotatable bonds is 2. The number of benzene rings is 2. The van der Waals surface area contributed by atoms with Gasteiger partial charge in [-0.05, 0) is 30.7 Å². The number of methoxy groups -OCH3 is 1. The molecule has 1 heterocycles. The molecule has 0 saturated heterocycles. The summed E-state index contributed by atoms with van der Waals surface area (Å²) in [5.41, 5.74) is 3.43. The summed E-state index contributed by atoms with van der Waals surface area (Å²) in [5, 5.41) is 1.20. The highest BCUT2D eigenvalue weighted by atomic mass is 16.5. The summed E-state index contributed by atoms with van der Waals surface area (Å²) in [6.07, 6.45) is 2.09. The summed E-state index contributed by atoms with van der Waals surface area (Å²) in [7, 11) is 1.73. The number of aromatic nitrogens is 1. The molecule has 0 radical (unpaired) electrons. The third-order valence-electron chi connectivity index (χ3n) is 3.24. The van der Waals surface area contributed by atoms with Crippen molar-refractivity contribution in [3.8, 4) is 11.4 Å². The Bertz CT molecular complexity index is 683. The van der Waals surface area contributed by atoms with E-state index in [1.807, 2.05) is 32.0 Å². The summed E-state index contributed by atoms with van der Waals surface area (Å²) in [6.45, 7) is 6.07. The van der Waals surface area contributed by atoms with Gasteiger partial charge in [-0.1, -0.05) is 44.2 Å². The predicted molar refractivity (Wildman–Crippen MR) is 85.9 cm³/mol. The van der Waals surface area contributed by atoms with E-state index in [1.165, 1.54) is 5.39 Å². The summed E-state index contributed by atoms with van der Waals surface area (Å²) < 4.78 is 7.73. The minimum Gasteiger partial charge on any atom is -0.494 e. The largest absolute Gasteiger partial charge is 0.494 e. The molecule has 0 atom stereocenters. The van der Waals surface area contributed by atoms with Gasteiger partial charge < -0.3 is 9.30 Å². The van der Waals surface area contributed by atoms with Crippen LogP contribution in [-0.2, 0) is 0 Å². The van der Waals surface area contributed by atoms with Gasteiger partial charge in [-0.2, -0.15) is 0 Å². The van der Waals surface area contributed by atoms with Crippen molar-refractivity contribution in [2.45, 2.75) is 20.8 Å². The molecule has 0 unspecified atom stereocenters. The van der Waals surface area contributed by atoms with Crippen molar-refractivity contribution in [3.05, 3.63) is 60.3 Å². The average molecular weight is 267 g/mol. The zero-order chi connectivity index (χ0) is 14.5. The second-order valence-corrected chi connectivity index (χ2v) is 4.37. The van der Waals surface area contributed by atoms with Crippen molar-refractivity contribution in [1.29, 1.82) is 0 Å². The lowest BCUT2D eigenvalue weighted by atomic mass is 10.1. The van der Waals surface area contributed by atoms with E-state index in [2.05, 4.69) is 48.0 Å². The van der Waals surface area contributed by atoms with Crippen LogP contribution in [0.3, 0.4) is 0 Å². The van der Waals surface area contributed by atoms with Crippen molar-refractivity contribution in [1.82, 2.24) is 4.57 Å². The Morgan fingerprint density at radius 2 is 1.60 bits per heavy atom. The van der Waals surface area contributed by atoms with Crippen LogP contribution >= 0.6 is 0 Å². The number of para-hydroxylation sites is 1. The summed E-state index contributed by atoms with van der Waals surface area (Å²) >= 11 is 0. The maximum absolute atomic E-state index is 5.56. The lowest BCUT2D eigenvalue weighted by Crippen LogP contribution is -1.95. The van der Waals surface area contributed by atoms with E-state index in [4.69, 9.17) is 4.74 Å². The maximum Gasteiger partial charge on any atom is 0.146 e. The minimum absolute atomic E-state index is 0.946. The smallest absolute Gasteiger partial charge is 0.146 e. The Morgan fingerprint density at radius 1 is 0.900 bits per heavy atom. The molecule has 1 aromatic heterocycles. The highest BCUT2D eigenvalue weighted by molar-refractivity contribution is 5.88. The van der Waals surface area contributed by atoms with E-state index < -0.39 is 0 Å². The number of hydrogen-bond donors (Lipinski definition) is 0. The first-order chi connectivity index (χ1) is 9.81. The standard InChI is InChI=1S/C16H15NO.C2H6/c1-12-8-9-13-10-11-17(15(13)16(12)18-2)14-6-4-3-5-7-14;1-2/h3-11H,1-2H3;1-2H3. The SMILES string of the molecule is CC.COc1c(C)ccc2ccn(-c3ccccc3)c12. The number of fused-ring (bicyclic) bond motifs is 1. The third kappa shape index (κ3) is 2.42. The van der Waals surface area contributed by atoms with Crippen LogP contribution in [0.15, 0.2) is 54.7 Å². The molecule has 0 fully saturated rings. The normalized spacial score (nSPS) is 10.0. The van der Waals surface area contributed by atoms with Crippen molar-refractivity contribution < 1.29 is 4.74 Å². The Morgan fingerprint density at radius 3 is 2.25 bits per heavy atom. The molecular formula is C18H21NO. The van der Waals surface area contributed by atoms with Crippen LogP contribution in [0.1, 0.15) is 19.4 Å². The lowest BCUT2D eigenvalue weighted by molar-refractivity contribution is 0.415. The first-order valence-electron chi connectivity index (χ1n) is 7.01. The topological polar surface area (TPSA) is 14.2 Å². The molecule has 0 spiro atoms. The molecule has 3 rings (SSSR count). The molecule has 0 N–H and O–H groups in total. The Balaban J connectivity index is 0.000000704. The highest BCUT2D eigenvalue weighted by Gasteiger charge is 2.10. The van der Waals surface area contributed by atoms with Gasteiger partial charge >= 0.3 is 0 Å². The van der Waals surface area contributed by atoms with E-state index in [0.717, 1.165) is 22.5 Å². The molecule has 0 aliphatic rings. The van der Waals surface area contributed by atoms with Gasteiger partial charge in [-0.3, -0.25) is 0 Å². The molecule has 2 aromatic carbocycles. The van der Waals surface area contributed by atoms with Crippen molar-refractivity contribution in [3.63, 3.8) is 0 Å². The zero-order valence-electron chi connectivity index (χ0n) is 12.6. The van der Waals surface area contributed by atoms with Crippen LogP contribution in [0.2, 0.25) is 0 Å². The molecule has 0 amide bonds. The maximum atomic E-state index is 5.56. The van der Waals surface area contributed by atoms with E-state index in [0.29, 0.717) is 0 Å². The van der Waals surface area contributed by atoms with Gasteiger partial charge in [-0.25, -0.2) is 0 Å². The van der Waals surface area contributed by atoms with E-state index in [-0.39, 0.29) is 0 Å². The van der Waals surface area contributed by atoms with Gasteiger partial charge in [0.25, 0.3) is 0 Å². The number of hydrogen-bond acceptors (Lipinski definition) is 1. The monoisotopic (exact) mass is 267 g/mol. The molecular weight excluding hydrogens is 246 g/mol. The number of ether oxygens (including phenoxy) is 1. The van der Waals surface area contributed by atoms with Gasteiger partial charge in [0, 0.05) is 17.3 Å². The second-order valence-electron chi connectivity index (χ2n) is 4.37. The van der Waals surface area contributed by atoms with Crippen molar-refractivity contribution in [2.24, 2.45) is 0 Å². The van der Waals surface area contributed by atoms with Gasteiger partial charge in [0.1, 0.15) is 5.75 Å². The summed E-state index contributed by atoms with van der Waals surface area (Å²) in [6, 6.07) is 16.7. The molecule has 2 heteroatoms. The van der Waals surface area contributed by atoms with Crippen molar-refractivity contribution >= 4 is 10.9 Å². The minimum atomic E-state index is 0.946. The second kappa shape index (κ2) is 6.29. The van der Waals surface area contributed by atoms with Crippen LogP contribution in [0, 0.1) is 6.92 Å². The van der Waals surface area contributed by atoms with E-state index in [1.54, 1.807) is 7.11 Å². The molecule has 104 valence electrons. The van der Waals surface area contributed by atoms with Gasteiger partial charge in [0.15, 0.2) is 0 Å². The highest BCUT2D eigenvalue weighted by Crippen LogP contribution is 2.31. The fourth-order valence-corrected chi connectivity index (χ4v) is 2.36. The van der Waals surface area contributed by atoms with Crippen LogP contribution in [0.5, 0.6) is 5.75 Å². The number of nitrogens with zero attached hydrogens (tertiary/aromatic N) is 1. The van der Waals surface area contributed by atoms with Crippen LogP contribution in [0.4, 0.5) is 0 Å². The molecule has 20 heavy (non-hydrogen) atoms. The first kappa shape index (κ1) is 14.2. The van der Waals surface area contributed by atoms with Crippen LogP contribution < -0.4 is 4.74 Å². The van der Waals surface area contributed by atoms with Crippen LogP contribution in [-0.4, -0.2) is 11.7 Å². The van der Waals surface area contributed by atoms with Gasteiger partial charge in [-0.15, -0.1) is 0 Å². The summed E-state index contributed by atoms with van der Waals surface area (Å²) in [5.74, 6) is 0.946. The fraction of sp³-hybridized carbons (Fsp3) is 0.222.